The molecule has 0 radical (unpaired) electrons. The highest BCUT2D eigenvalue weighted by atomic mass is 16.5. The second-order valence-corrected chi connectivity index (χ2v) is 5.41. The van der Waals surface area contributed by atoms with Crippen LogP contribution < -0.4 is 10.7 Å². The topological polar surface area (TPSA) is 85.6 Å². The number of fused-ring (bicyclic) bond motifs is 1. The van der Waals surface area contributed by atoms with Gasteiger partial charge in [-0.3, -0.25) is 9.59 Å². The van der Waals surface area contributed by atoms with Crippen LogP contribution in [0.3, 0.4) is 0 Å². The molecule has 130 valence electrons. The summed E-state index contributed by atoms with van der Waals surface area (Å²) in [6.45, 7) is 0. The molecule has 0 spiro atoms. The smallest absolute Gasteiger partial charge is 0.337 e. The van der Waals surface area contributed by atoms with Gasteiger partial charge < -0.3 is 14.5 Å². The molecule has 0 aliphatic carbocycles. The highest BCUT2D eigenvalue weighted by molar-refractivity contribution is 6.02. The van der Waals surface area contributed by atoms with E-state index in [4.69, 9.17) is 4.42 Å². The number of benzene rings is 2. The highest BCUT2D eigenvalue weighted by Crippen LogP contribution is 2.13. The van der Waals surface area contributed by atoms with Gasteiger partial charge in [0.1, 0.15) is 11.8 Å². The Bertz CT molecular complexity index is 1060. The molecule has 6 heteroatoms. The number of methoxy groups -OCH3 is 1. The van der Waals surface area contributed by atoms with E-state index in [0.29, 0.717) is 22.2 Å². The van der Waals surface area contributed by atoms with Gasteiger partial charge in [0.25, 0.3) is 0 Å². The minimum absolute atomic E-state index is 0.219. The Morgan fingerprint density at radius 3 is 2.73 bits per heavy atom. The third kappa shape index (κ3) is 3.70. The molecule has 0 unspecified atom stereocenters. The van der Waals surface area contributed by atoms with Gasteiger partial charge >= 0.3 is 5.97 Å². The van der Waals surface area contributed by atoms with Crippen LogP contribution in [-0.2, 0) is 9.53 Å². The number of ether oxygens (including phenoxy) is 1. The number of amides is 1. The van der Waals surface area contributed by atoms with Crippen molar-refractivity contribution < 1.29 is 18.7 Å². The van der Waals surface area contributed by atoms with E-state index in [1.807, 2.05) is 0 Å². The molecule has 1 N–H and O–H groups in total. The zero-order chi connectivity index (χ0) is 18.5. The normalized spacial score (nSPS) is 10.8. The summed E-state index contributed by atoms with van der Waals surface area (Å²) >= 11 is 0. The van der Waals surface area contributed by atoms with Crippen LogP contribution in [0.15, 0.2) is 70.1 Å². The summed E-state index contributed by atoms with van der Waals surface area (Å²) in [4.78, 5) is 35.9. The third-order valence-corrected chi connectivity index (χ3v) is 3.67. The van der Waals surface area contributed by atoms with Crippen molar-refractivity contribution >= 4 is 34.6 Å². The largest absolute Gasteiger partial charge is 0.465 e. The fourth-order valence-corrected chi connectivity index (χ4v) is 2.40. The number of hydrogen-bond acceptors (Lipinski definition) is 5. The van der Waals surface area contributed by atoms with Gasteiger partial charge in [-0.15, -0.1) is 0 Å². The molecule has 2 aromatic carbocycles. The Kier molecular flexibility index (Phi) is 4.94. The fraction of sp³-hybridized carbons (Fsp3) is 0.0500. The molecule has 0 saturated carbocycles. The summed E-state index contributed by atoms with van der Waals surface area (Å²) in [7, 11) is 1.28. The lowest BCUT2D eigenvalue weighted by Gasteiger charge is -2.04. The van der Waals surface area contributed by atoms with Gasteiger partial charge in [0.15, 0.2) is 5.43 Å². The maximum absolute atomic E-state index is 12.4. The second-order valence-electron chi connectivity index (χ2n) is 5.41. The maximum Gasteiger partial charge on any atom is 0.337 e. The molecule has 0 saturated heterocycles. The van der Waals surface area contributed by atoms with E-state index < -0.39 is 11.9 Å². The standard InChI is InChI=1S/C20H15NO5/c1-25-20(24)13-5-4-6-15(11-13)21-18(22)10-9-14-12-26-17-8-3-2-7-16(17)19(14)23/h2-12H,1H3,(H,21,22)/b10-9+. The van der Waals surface area contributed by atoms with Gasteiger partial charge in [-0.25, -0.2) is 4.79 Å². The molecule has 0 aliphatic rings. The van der Waals surface area contributed by atoms with E-state index in [1.54, 1.807) is 42.5 Å². The quantitative estimate of drug-likeness (QED) is 0.577. The van der Waals surface area contributed by atoms with Crippen LogP contribution in [0.4, 0.5) is 5.69 Å². The minimum Gasteiger partial charge on any atom is -0.465 e. The number of carbonyl (C=O) groups is 2. The zero-order valence-electron chi connectivity index (χ0n) is 13.9. The maximum atomic E-state index is 12.4. The van der Waals surface area contributed by atoms with Crippen molar-refractivity contribution in [3.05, 3.63) is 82.2 Å². The molecule has 0 aliphatic heterocycles. The first kappa shape index (κ1) is 17.2. The van der Waals surface area contributed by atoms with Gasteiger partial charge in [-0.05, 0) is 36.4 Å². The van der Waals surface area contributed by atoms with Crippen LogP contribution in [0.25, 0.3) is 17.0 Å². The van der Waals surface area contributed by atoms with Crippen molar-refractivity contribution in [2.45, 2.75) is 0 Å². The molecule has 26 heavy (non-hydrogen) atoms. The Balaban J connectivity index is 1.77. The van der Waals surface area contributed by atoms with Gasteiger partial charge in [-0.1, -0.05) is 18.2 Å². The van der Waals surface area contributed by atoms with Crippen LogP contribution in [0.1, 0.15) is 15.9 Å². The second kappa shape index (κ2) is 7.48. The van der Waals surface area contributed by atoms with E-state index >= 15 is 0 Å². The van der Waals surface area contributed by atoms with Gasteiger partial charge in [0.05, 0.1) is 23.6 Å². The zero-order valence-corrected chi connectivity index (χ0v) is 13.9. The predicted octanol–water partition coefficient (Wildman–Crippen LogP) is 3.23. The molecular weight excluding hydrogens is 334 g/mol. The van der Waals surface area contributed by atoms with Crippen molar-refractivity contribution in [3.63, 3.8) is 0 Å². The summed E-state index contributed by atoms with van der Waals surface area (Å²) in [6, 6.07) is 13.2. The Hall–Kier alpha value is -3.67. The van der Waals surface area contributed by atoms with Gasteiger partial charge in [-0.2, -0.15) is 0 Å². The Morgan fingerprint density at radius 1 is 1.12 bits per heavy atom. The number of esters is 1. The third-order valence-electron chi connectivity index (χ3n) is 3.67. The minimum atomic E-state index is -0.495. The Morgan fingerprint density at radius 2 is 1.92 bits per heavy atom. The van der Waals surface area contributed by atoms with Crippen molar-refractivity contribution in [3.8, 4) is 0 Å². The number of anilines is 1. The summed E-state index contributed by atoms with van der Waals surface area (Å²) in [6.07, 6.45) is 3.93. The molecule has 6 nitrogen and oxygen atoms in total. The lowest BCUT2D eigenvalue weighted by molar-refractivity contribution is -0.111. The molecule has 3 rings (SSSR count). The summed E-state index contributed by atoms with van der Waals surface area (Å²) in [5.41, 5.74) is 1.29. The lowest BCUT2D eigenvalue weighted by atomic mass is 10.1. The van der Waals surface area contributed by atoms with Crippen LogP contribution in [0.5, 0.6) is 0 Å². The van der Waals surface area contributed by atoms with Gasteiger partial charge in [0.2, 0.25) is 5.91 Å². The van der Waals surface area contributed by atoms with Crippen molar-refractivity contribution in [2.24, 2.45) is 0 Å². The van der Waals surface area contributed by atoms with E-state index in [1.165, 1.54) is 31.6 Å². The van der Waals surface area contributed by atoms with E-state index in [0.717, 1.165) is 0 Å². The molecule has 0 fully saturated rings. The molecule has 1 amide bonds. The van der Waals surface area contributed by atoms with E-state index in [9.17, 15) is 14.4 Å². The molecule has 0 atom stereocenters. The fourth-order valence-electron chi connectivity index (χ4n) is 2.40. The predicted molar refractivity (Wildman–Crippen MR) is 97.9 cm³/mol. The first-order valence-corrected chi connectivity index (χ1v) is 7.76. The molecule has 3 aromatic rings. The number of nitrogens with one attached hydrogen (secondary N) is 1. The van der Waals surface area contributed by atoms with Crippen LogP contribution in [0, 0.1) is 0 Å². The highest BCUT2D eigenvalue weighted by Gasteiger charge is 2.07. The van der Waals surface area contributed by atoms with Crippen molar-refractivity contribution in [2.75, 3.05) is 12.4 Å². The van der Waals surface area contributed by atoms with Crippen LogP contribution in [-0.4, -0.2) is 19.0 Å². The summed E-state index contributed by atoms with van der Waals surface area (Å²) < 4.78 is 10.0. The van der Waals surface area contributed by atoms with Crippen LogP contribution in [0.2, 0.25) is 0 Å². The molecule has 1 heterocycles. The number of hydrogen-bond donors (Lipinski definition) is 1. The van der Waals surface area contributed by atoms with Crippen LogP contribution >= 0.6 is 0 Å². The monoisotopic (exact) mass is 349 g/mol. The number of rotatable bonds is 4. The first-order chi connectivity index (χ1) is 12.6. The lowest BCUT2D eigenvalue weighted by Crippen LogP contribution is -2.10. The average molecular weight is 349 g/mol. The summed E-state index contributed by atoms with van der Waals surface area (Å²) in [5.74, 6) is -0.940. The van der Waals surface area contributed by atoms with Crippen molar-refractivity contribution in [1.82, 2.24) is 0 Å². The molecular formula is C20H15NO5. The average Bonchev–Trinajstić information content (AvgIpc) is 2.67. The summed E-state index contributed by atoms with van der Waals surface area (Å²) in [5, 5.41) is 3.07. The first-order valence-electron chi connectivity index (χ1n) is 7.76. The molecule has 1 aromatic heterocycles. The SMILES string of the molecule is COC(=O)c1cccc(NC(=O)/C=C/c2coc3ccccc3c2=O)c1. The number of para-hydroxylation sites is 1. The van der Waals surface area contributed by atoms with E-state index in [-0.39, 0.29) is 11.0 Å². The van der Waals surface area contributed by atoms with Crippen molar-refractivity contribution in [1.29, 1.82) is 0 Å². The Labute approximate surface area is 148 Å². The number of carbonyl (C=O) groups excluding carboxylic acids is 2. The van der Waals surface area contributed by atoms with E-state index in [2.05, 4.69) is 10.1 Å². The van der Waals surface area contributed by atoms with Gasteiger partial charge in [0, 0.05) is 11.8 Å². The molecule has 0 bridgehead atoms.